The maximum atomic E-state index is 6.90. The first kappa shape index (κ1) is 54.3. The van der Waals surface area contributed by atoms with Crippen LogP contribution in [0.1, 0.15) is 188 Å². The van der Waals surface area contributed by atoms with E-state index in [1.54, 1.807) is 0 Å². The fourth-order valence-electron chi connectivity index (χ4n) is 14.8. The zero-order valence-electron chi connectivity index (χ0n) is 52.5. The molecule has 0 saturated heterocycles. The Bertz CT molecular complexity index is 4090. The highest BCUT2D eigenvalue weighted by molar-refractivity contribution is 7.00. The third-order valence-electron chi connectivity index (χ3n) is 20.0. The summed E-state index contributed by atoms with van der Waals surface area (Å²) in [4.78, 5) is 7.85. The Kier molecular flexibility index (Phi) is 11.9. The number of aryl methyl sites for hydroxylation is 1. The van der Waals surface area contributed by atoms with Crippen LogP contribution in [0.4, 0.5) is 51.2 Å². The number of fused-ring (bicyclic) bond motifs is 9. The predicted octanol–water partition coefficient (Wildman–Crippen LogP) is 20.0. The van der Waals surface area contributed by atoms with Crippen LogP contribution in [0.15, 0.2) is 150 Å². The summed E-state index contributed by atoms with van der Waals surface area (Å²) in [6.07, 6.45) is 4.64. The van der Waals surface area contributed by atoms with Gasteiger partial charge in [-0.1, -0.05) is 178 Å². The summed E-state index contributed by atoms with van der Waals surface area (Å²) >= 11 is 0. The lowest BCUT2D eigenvalue weighted by molar-refractivity contribution is 0.332. The molecule has 82 heavy (non-hydrogen) atoms. The van der Waals surface area contributed by atoms with E-state index < -0.39 is 0 Å². The molecule has 4 nitrogen and oxygen atoms in total. The Hall–Kier alpha value is -6.98. The lowest BCUT2D eigenvalue weighted by Crippen LogP contribution is -2.62. The smallest absolute Gasteiger partial charge is 0.252 e. The molecule has 13 rings (SSSR count). The van der Waals surface area contributed by atoms with Crippen LogP contribution in [-0.4, -0.2) is 6.71 Å². The Morgan fingerprint density at radius 1 is 0.427 bits per heavy atom. The number of nitrogens with zero attached hydrogens (tertiary/aromatic N) is 3. The van der Waals surface area contributed by atoms with Crippen LogP contribution in [0.25, 0.3) is 21.9 Å². The molecule has 2 aliphatic carbocycles. The van der Waals surface area contributed by atoms with E-state index in [1.165, 1.54) is 95.8 Å². The molecule has 0 spiro atoms. The fraction of sp³-hybridized carbons (Fsp3) is 0.377. The maximum absolute atomic E-state index is 6.90. The molecule has 1 aromatic heterocycles. The first-order valence-electron chi connectivity index (χ1n) is 30.6. The maximum Gasteiger partial charge on any atom is 0.252 e. The van der Waals surface area contributed by atoms with Crippen molar-refractivity contribution in [3.8, 4) is 0 Å². The second kappa shape index (κ2) is 18.0. The van der Waals surface area contributed by atoms with Crippen LogP contribution in [0.5, 0.6) is 0 Å². The first-order chi connectivity index (χ1) is 38.4. The van der Waals surface area contributed by atoms with Crippen molar-refractivity contribution in [1.82, 2.24) is 0 Å². The molecule has 4 aliphatic rings. The highest BCUT2D eigenvalue weighted by atomic mass is 16.3. The molecular formula is C77H86BN3O. The number of anilines is 9. The topological polar surface area (TPSA) is 22.9 Å². The summed E-state index contributed by atoms with van der Waals surface area (Å²) in [6, 6.07) is 57.4. The van der Waals surface area contributed by atoms with Gasteiger partial charge in [0.05, 0.1) is 0 Å². The minimum Gasteiger partial charge on any atom is -0.456 e. The van der Waals surface area contributed by atoms with Gasteiger partial charge in [-0.05, 0) is 211 Å². The predicted molar refractivity (Wildman–Crippen MR) is 354 cm³/mol. The van der Waals surface area contributed by atoms with Gasteiger partial charge in [0.2, 0.25) is 0 Å². The van der Waals surface area contributed by atoms with E-state index in [4.69, 9.17) is 4.42 Å². The van der Waals surface area contributed by atoms with Crippen LogP contribution in [-0.2, 0) is 37.9 Å². The minimum atomic E-state index is -0.227. The summed E-state index contributed by atoms with van der Waals surface area (Å²) in [5, 5.41) is 2.28. The van der Waals surface area contributed by atoms with Gasteiger partial charge in [0.15, 0.2) is 0 Å². The molecule has 0 N–H and O–H groups in total. The van der Waals surface area contributed by atoms with Crippen molar-refractivity contribution in [2.75, 3.05) is 14.7 Å². The molecule has 0 saturated carbocycles. The Balaban J connectivity index is 1.15. The van der Waals surface area contributed by atoms with E-state index in [1.807, 2.05) is 0 Å². The molecule has 0 fully saturated rings. The molecule has 3 heterocycles. The highest BCUT2D eigenvalue weighted by Gasteiger charge is 2.48. The van der Waals surface area contributed by atoms with E-state index >= 15 is 0 Å². The zero-order valence-corrected chi connectivity index (χ0v) is 52.5. The van der Waals surface area contributed by atoms with Crippen molar-refractivity contribution in [3.05, 3.63) is 190 Å². The number of furan rings is 1. The molecule has 9 aromatic rings. The summed E-state index contributed by atoms with van der Waals surface area (Å²) in [5.74, 6) is 0. The van der Waals surface area contributed by atoms with Gasteiger partial charge in [-0.15, -0.1) is 0 Å². The molecule has 0 atom stereocenters. The SMILES string of the molecule is Cc1cc2c3c(c1)N(c1ccc4c(c1)C(C)(C)CCC4(C)C)c1cc4c(cc1B3c1ccc(N(c3ccc(C(C)(C)C)cc3)c3cccc(C(C)(C)C)c3)cc1N2c1cc(C(C)(C)C)c2oc3ccccc3c2c1)C(C)(C)CCC4(C)C. The van der Waals surface area contributed by atoms with Gasteiger partial charge >= 0.3 is 0 Å². The van der Waals surface area contributed by atoms with Crippen LogP contribution in [0, 0.1) is 6.92 Å². The van der Waals surface area contributed by atoms with Gasteiger partial charge in [-0.2, -0.15) is 0 Å². The second-order valence-corrected chi connectivity index (χ2v) is 30.9. The average Bonchev–Trinajstić information content (AvgIpc) is 0.919. The molecular weight excluding hydrogens is 994 g/mol. The highest BCUT2D eigenvalue weighted by Crippen LogP contribution is 2.54. The van der Waals surface area contributed by atoms with Crippen molar-refractivity contribution in [3.63, 3.8) is 0 Å². The summed E-state index contributed by atoms with van der Waals surface area (Å²) in [6.45, 7) is 42.9. The van der Waals surface area contributed by atoms with Crippen LogP contribution in [0.3, 0.4) is 0 Å². The van der Waals surface area contributed by atoms with Crippen LogP contribution >= 0.6 is 0 Å². The summed E-state index contributed by atoms with van der Waals surface area (Å²) in [5.41, 5.74) is 27.6. The standard InChI is InChI=1S/C77H86BN3O/c1-47-38-66-69-67(39-47)81(54-41-56-55-24-19-20-25-68(55)82-70(56)61(43-54)73(8,9)10)64-44-53(79(50-28-26-48(27-29-50)71(2,3)4)51-23-21-22-49(40-51)72(5,6)7)31-33-62(64)78(69)63-45-59-60(77(17,18)37-36-76(59,15)16)46-65(63)80(66)52-30-32-57-58(42-52)75(13,14)35-34-74(57,11)12/h19-33,38-46H,34-37H2,1-18H3. The molecule has 0 radical (unpaired) electrons. The van der Waals surface area contributed by atoms with Crippen LogP contribution in [0.2, 0.25) is 0 Å². The summed E-state index contributed by atoms with van der Waals surface area (Å²) < 4.78 is 6.90. The zero-order chi connectivity index (χ0) is 58.2. The van der Waals surface area contributed by atoms with Crippen molar-refractivity contribution in [1.29, 1.82) is 0 Å². The Labute approximate surface area is 491 Å². The minimum absolute atomic E-state index is 0.00663. The third-order valence-corrected chi connectivity index (χ3v) is 20.0. The molecule has 5 heteroatoms. The fourth-order valence-corrected chi connectivity index (χ4v) is 14.8. The molecule has 8 aromatic carbocycles. The van der Waals surface area contributed by atoms with Crippen molar-refractivity contribution in [2.45, 2.75) is 188 Å². The largest absolute Gasteiger partial charge is 0.456 e. The molecule has 418 valence electrons. The van der Waals surface area contributed by atoms with E-state index in [0.29, 0.717) is 0 Å². The average molecular weight is 1080 g/mol. The van der Waals surface area contributed by atoms with Gasteiger partial charge in [0.25, 0.3) is 6.71 Å². The number of hydrogen-bond donors (Lipinski definition) is 0. The first-order valence-corrected chi connectivity index (χ1v) is 30.6. The number of rotatable bonds is 5. The number of hydrogen-bond acceptors (Lipinski definition) is 4. The monoisotopic (exact) mass is 1080 g/mol. The molecule has 2 aliphatic heterocycles. The number of benzene rings is 8. The molecule has 0 bridgehead atoms. The van der Waals surface area contributed by atoms with E-state index in [9.17, 15) is 0 Å². The van der Waals surface area contributed by atoms with Gasteiger partial charge in [0, 0.05) is 67.5 Å². The molecule has 0 unspecified atom stereocenters. The normalized spacial score (nSPS) is 17.5. The van der Waals surface area contributed by atoms with E-state index in [0.717, 1.165) is 64.0 Å². The number of para-hydroxylation sites is 1. The lowest BCUT2D eigenvalue weighted by atomic mass is 9.33. The van der Waals surface area contributed by atoms with Crippen molar-refractivity contribution < 1.29 is 4.42 Å². The van der Waals surface area contributed by atoms with Gasteiger partial charge in [-0.3, -0.25) is 0 Å². The van der Waals surface area contributed by atoms with Gasteiger partial charge < -0.3 is 19.1 Å². The lowest BCUT2D eigenvalue weighted by Gasteiger charge is -2.48. The Morgan fingerprint density at radius 2 is 0.988 bits per heavy atom. The Morgan fingerprint density at radius 3 is 1.62 bits per heavy atom. The quantitative estimate of drug-likeness (QED) is 0.160. The van der Waals surface area contributed by atoms with Gasteiger partial charge in [-0.25, -0.2) is 0 Å². The van der Waals surface area contributed by atoms with Crippen LogP contribution < -0.4 is 31.1 Å². The van der Waals surface area contributed by atoms with E-state index in [2.05, 4.69) is 285 Å². The molecule has 0 amide bonds. The van der Waals surface area contributed by atoms with Crippen molar-refractivity contribution in [2.24, 2.45) is 0 Å². The van der Waals surface area contributed by atoms with Gasteiger partial charge in [0.1, 0.15) is 11.2 Å². The van der Waals surface area contributed by atoms with E-state index in [-0.39, 0.29) is 44.6 Å². The summed E-state index contributed by atoms with van der Waals surface area (Å²) in [7, 11) is 0. The second-order valence-electron chi connectivity index (χ2n) is 30.9. The van der Waals surface area contributed by atoms with Crippen molar-refractivity contribution >= 4 is 96.2 Å². The third kappa shape index (κ3) is 8.59.